The summed E-state index contributed by atoms with van der Waals surface area (Å²) < 4.78 is 0. The van der Waals surface area contributed by atoms with Crippen LogP contribution in [-0.2, 0) is 19.5 Å². The van der Waals surface area contributed by atoms with E-state index >= 15 is 0 Å². The van der Waals surface area contributed by atoms with Crippen LogP contribution in [0, 0.1) is 11.8 Å². The van der Waals surface area contributed by atoms with E-state index in [-0.39, 0.29) is 31.9 Å². The Morgan fingerprint density at radius 2 is 1.25 bits per heavy atom. The summed E-state index contributed by atoms with van der Waals surface area (Å²) in [4.78, 5) is 0. The number of hydrogen-bond donors (Lipinski definition) is 0. The van der Waals surface area contributed by atoms with E-state index in [0.717, 1.165) is 0 Å². The van der Waals surface area contributed by atoms with Gasteiger partial charge in [-0.05, 0) is 0 Å². The van der Waals surface area contributed by atoms with Gasteiger partial charge in [-0.2, -0.15) is 0 Å². The van der Waals surface area contributed by atoms with Crippen molar-refractivity contribution in [3.63, 3.8) is 0 Å². The summed E-state index contributed by atoms with van der Waals surface area (Å²) in [6.45, 7) is 4.75. The largest absolute Gasteiger partial charge is 0.512 e. The topological polar surface area (TPSA) is 23.8 Å². The fourth-order valence-corrected chi connectivity index (χ4v) is 0. The molecule has 1 nitrogen and oxygen atoms in total. The molecule has 27 valence electrons. The van der Waals surface area contributed by atoms with Crippen LogP contribution in [0.25, 0.3) is 0 Å². The molecule has 0 N–H and O–H groups in total. The van der Waals surface area contributed by atoms with Crippen molar-refractivity contribution >= 4 is 12.4 Å². The first kappa shape index (κ1) is 25.9. The minimum Gasteiger partial charge on any atom is -0.512 e. The molecule has 0 fully saturated rings. The molecule has 3 heteroatoms. The van der Waals surface area contributed by atoms with E-state index in [4.69, 9.17) is 11.8 Å². The molecule has 0 aromatic rings. The van der Waals surface area contributed by atoms with Gasteiger partial charge in [-0.15, -0.1) is 12.4 Å². The summed E-state index contributed by atoms with van der Waals surface area (Å²) in [6, 6.07) is 0. The van der Waals surface area contributed by atoms with Gasteiger partial charge in [0.05, 0.1) is 0 Å². The molecule has 0 aliphatic heterocycles. The van der Waals surface area contributed by atoms with Crippen LogP contribution in [0.1, 0.15) is 0 Å². The van der Waals surface area contributed by atoms with Crippen LogP contribution in [-0.4, -0.2) is 0 Å². The van der Waals surface area contributed by atoms with E-state index in [1.807, 2.05) is 0 Å². The van der Waals surface area contributed by atoms with E-state index < -0.39 is 0 Å². The molecule has 0 saturated carbocycles. The summed E-state index contributed by atoms with van der Waals surface area (Å²) in [5, 5.41) is 6.25. The van der Waals surface area contributed by atoms with Crippen molar-refractivity contribution in [2.45, 2.75) is 0 Å². The number of hydrogen-bond acceptors (Lipinski definition) is 1. The molecule has 0 aromatic heterocycles. The second-order valence-electron chi connectivity index (χ2n) is 0. The molecule has 0 heterocycles. The monoisotopic (exact) mass is 165 g/mol. The Bertz CT molecular complexity index is 12.8. The Morgan fingerprint density at radius 1 is 1.25 bits per heavy atom. The van der Waals surface area contributed by atoms with Crippen molar-refractivity contribution in [2.75, 3.05) is 0 Å². The Morgan fingerprint density at radius 3 is 1.25 bits per heavy atom. The molecule has 0 saturated heterocycles. The van der Waals surface area contributed by atoms with E-state index in [1.165, 1.54) is 0 Å². The first-order valence-electron chi connectivity index (χ1n) is 0.224. The van der Waals surface area contributed by atoms with Crippen LogP contribution in [0.2, 0.25) is 0 Å². The first-order valence-corrected chi connectivity index (χ1v) is 0.224. The molecule has 4 heavy (non-hydrogen) atoms. The van der Waals surface area contributed by atoms with Gasteiger partial charge < -0.3 is 11.8 Å². The van der Waals surface area contributed by atoms with Gasteiger partial charge in [0.2, 0.25) is 0 Å². The maximum atomic E-state index is 6.25. The minimum absolute atomic E-state index is 0. The smallest absolute Gasteiger partial charge is 0 e. The zero-order valence-corrected chi connectivity index (χ0v) is 4.14. The van der Waals surface area contributed by atoms with E-state index in [1.54, 1.807) is 0 Å². The van der Waals surface area contributed by atoms with Gasteiger partial charge in [-0.1, -0.05) is 0 Å². The molecule has 0 amide bonds. The number of halogens is 1. The summed E-state index contributed by atoms with van der Waals surface area (Å²) >= 11 is 0. The number of nitrogens with zero attached hydrogens (tertiary/aromatic N) is 1. The van der Waals surface area contributed by atoms with Gasteiger partial charge in [0.1, 0.15) is 0 Å². The Kier molecular flexibility index (Phi) is 782. The van der Waals surface area contributed by atoms with Crippen LogP contribution >= 0.6 is 12.4 Å². The molecular weight excluding hydrogens is 164 g/mol. The molecule has 0 aliphatic carbocycles. The fraction of sp³-hybridized carbons (Fsp3) is 0. The summed E-state index contributed by atoms with van der Waals surface area (Å²) in [5.41, 5.74) is 0. The zero-order chi connectivity index (χ0) is 2.00. The van der Waals surface area contributed by atoms with Crippen LogP contribution in [0.15, 0.2) is 0 Å². The maximum Gasteiger partial charge on any atom is 0 e. The predicted molar refractivity (Wildman–Crippen MR) is 12.2 cm³/mol. The SMILES string of the molecule is Cl.[C-]#N.[Rh]. The maximum absolute atomic E-state index is 6.25. The Balaban J connectivity index is -0.00000000500. The van der Waals surface area contributed by atoms with Gasteiger partial charge in [0, 0.05) is 19.5 Å². The molecule has 1 radical (unpaired) electrons. The molecule has 0 spiro atoms. The second-order valence-corrected chi connectivity index (χ2v) is 0. The molecule has 0 aromatic carbocycles. The van der Waals surface area contributed by atoms with Crippen molar-refractivity contribution in [3.8, 4) is 0 Å². The van der Waals surface area contributed by atoms with Crippen LogP contribution in [0.4, 0.5) is 0 Å². The van der Waals surface area contributed by atoms with Gasteiger partial charge in [0.15, 0.2) is 0 Å². The molecule has 0 bridgehead atoms. The minimum atomic E-state index is 0. The van der Waals surface area contributed by atoms with E-state index in [2.05, 4.69) is 0 Å². The van der Waals surface area contributed by atoms with Crippen LogP contribution < -0.4 is 0 Å². The Labute approximate surface area is 44.2 Å². The third kappa shape index (κ3) is 29.1. The van der Waals surface area contributed by atoms with Gasteiger partial charge >= 0.3 is 0 Å². The van der Waals surface area contributed by atoms with Crippen molar-refractivity contribution in [1.82, 2.24) is 0 Å². The van der Waals surface area contributed by atoms with Crippen LogP contribution in [0.5, 0.6) is 0 Å². The first-order chi connectivity index (χ1) is 1.00. The van der Waals surface area contributed by atoms with Crippen molar-refractivity contribution < 1.29 is 19.5 Å². The second kappa shape index (κ2) is 121. The van der Waals surface area contributed by atoms with Gasteiger partial charge in [0.25, 0.3) is 0 Å². The average Bonchev–Trinajstić information content (AvgIpc) is 1.00. The summed E-state index contributed by atoms with van der Waals surface area (Å²) in [7, 11) is 0. The van der Waals surface area contributed by atoms with Gasteiger partial charge in [-0.3, -0.25) is 0 Å². The third-order valence-electron chi connectivity index (χ3n) is 0. The van der Waals surface area contributed by atoms with Crippen molar-refractivity contribution in [1.29, 1.82) is 5.26 Å². The molecular formula is CHClNRh-. The van der Waals surface area contributed by atoms with Gasteiger partial charge in [-0.25, -0.2) is 0 Å². The van der Waals surface area contributed by atoms with Crippen molar-refractivity contribution in [2.24, 2.45) is 0 Å². The standard InChI is InChI=1S/CN.ClH.Rh/c1-2;;/h;1H;/q-1;;. The van der Waals surface area contributed by atoms with Crippen molar-refractivity contribution in [3.05, 3.63) is 6.57 Å². The van der Waals surface area contributed by atoms with Crippen LogP contribution in [0.3, 0.4) is 0 Å². The summed E-state index contributed by atoms with van der Waals surface area (Å²) in [6.07, 6.45) is 0. The average molecular weight is 165 g/mol. The quantitative estimate of drug-likeness (QED) is 0.379. The third-order valence-corrected chi connectivity index (χ3v) is 0. The number of rotatable bonds is 0. The fourth-order valence-electron chi connectivity index (χ4n) is 0. The predicted octanol–water partition coefficient (Wildman–Crippen LogP) is 0.516. The van der Waals surface area contributed by atoms with E-state index in [9.17, 15) is 0 Å². The molecule has 0 rings (SSSR count). The zero-order valence-electron chi connectivity index (χ0n) is 1.69. The molecule has 0 atom stereocenters. The summed E-state index contributed by atoms with van der Waals surface area (Å²) in [5.74, 6) is 0. The normalized spacial score (nSPS) is 0.500. The molecule has 0 unspecified atom stereocenters. The Hall–Kier alpha value is 0.403. The molecule has 0 aliphatic rings. The van der Waals surface area contributed by atoms with E-state index in [0.29, 0.717) is 0 Å².